The molecule has 1 aliphatic heterocycles. The summed E-state index contributed by atoms with van der Waals surface area (Å²) in [5.74, 6) is 0. The first kappa shape index (κ1) is 20.8. The second kappa shape index (κ2) is 8.23. The Morgan fingerprint density at radius 3 is 2.00 bits per heavy atom. The summed E-state index contributed by atoms with van der Waals surface area (Å²) < 4.78 is 27.6. The van der Waals surface area contributed by atoms with Crippen molar-refractivity contribution in [3.63, 3.8) is 0 Å². The lowest BCUT2D eigenvalue weighted by molar-refractivity contribution is 0.385. The highest BCUT2D eigenvalue weighted by Crippen LogP contribution is 2.22. The fraction of sp³-hybridized carbons (Fsp3) is 0.455. The van der Waals surface area contributed by atoms with Gasteiger partial charge in [0.05, 0.1) is 4.90 Å². The zero-order valence-electron chi connectivity index (χ0n) is 17.3. The first-order chi connectivity index (χ1) is 13.1. The van der Waals surface area contributed by atoms with Crippen molar-refractivity contribution in [2.75, 3.05) is 31.1 Å². The van der Waals surface area contributed by atoms with Gasteiger partial charge in [-0.3, -0.25) is 0 Å². The van der Waals surface area contributed by atoms with Crippen LogP contribution in [0.15, 0.2) is 53.4 Å². The van der Waals surface area contributed by atoms with E-state index in [1.807, 2.05) is 12.1 Å². The van der Waals surface area contributed by atoms with E-state index in [0.29, 0.717) is 31.1 Å². The van der Waals surface area contributed by atoms with Crippen molar-refractivity contribution < 1.29 is 8.42 Å². The van der Waals surface area contributed by atoms with Crippen LogP contribution < -0.4 is 10.2 Å². The van der Waals surface area contributed by atoms with Gasteiger partial charge in [0.15, 0.2) is 0 Å². The van der Waals surface area contributed by atoms with Gasteiger partial charge in [0, 0.05) is 44.0 Å². The molecule has 1 aliphatic rings. The number of nitrogens with one attached hydrogen (secondary N) is 1. The van der Waals surface area contributed by atoms with Crippen molar-refractivity contribution >= 4 is 15.7 Å². The number of nitrogens with zero attached hydrogens (tertiary/aromatic N) is 2. The van der Waals surface area contributed by atoms with Crippen LogP contribution in [-0.2, 0) is 16.6 Å². The molecule has 0 aromatic heterocycles. The molecule has 28 heavy (non-hydrogen) atoms. The average Bonchev–Trinajstić information content (AvgIpc) is 2.67. The van der Waals surface area contributed by atoms with Crippen LogP contribution in [0.25, 0.3) is 0 Å². The Labute approximate surface area is 169 Å². The van der Waals surface area contributed by atoms with Crippen LogP contribution in [0, 0.1) is 6.92 Å². The minimum atomic E-state index is -3.45. The maximum Gasteiger partial charge on any atom is 0.243 e. The summed E-state index contributed by atoms with van der Waals surface area (Å²) in [6, 6.07) is 15.6. The van der Waals surface area contributed by atoms with Crippen molar-refractivity contribution in [1.82, 2.24) is 9.62 Å². The normalized spacial score (nSPS) is 16.4. The van der Waals surface area contributed by atoms with Crippen LogP contribution in [0.3, 0.4) is 0 Å². The van der Waals surface area contributed by atoms with Gasteiger partial charge in [-0.1, -0.05) is 29.8 Å². The second-order valence-corrected chi connectivity index (χ2v) is 10.4. The molecule has 2 aromatic carbocycles. The van der Waals surface area contributed by atoms with Gasteiger partial charge in [0.25, 0.3) is 0 Å². The number of piperazine rings is 1. The minimum Gasteiger partial charge on any atom is -0.369 e. The summed E-state index contributed by atoms with van der Waals surface area (Å²) in [6.07, 6.45) is 0. The van der Waals surface area contributed by atoms with E-state index in [-0.39, 0.29) is 5.54 Å². The molecule has 152 valence electrons. The average molecular weight is 402 g/mol. The Hall–Kier alpha value is -1.89. The van der Waals surface area contributed by atoms with E-state index < -0.39 is 10.0 Å². The molecule has 0 bridgehead atoms. The highest BCUT2D eigenvalue weighted by Gasteiger charge is 2.28. The molecule has 5 nitrogen and oxygen atoms in total. The van der Waals surface area contributed by atoms with Gasteiger partial charge in [0.2, 0.25) is 10.0 Å². The quantitative estimate of drug-likeness (QED) is 0.834. The lowest BCUT2D eigenvalue weighted by Crippen LogP contribution is -2.48. The van der Waals surface area contributed by atoms with E-state index >= 15 is 0 Å². The van der Waals surface area contributed by atoms with Gasteiger partial charge < -0.3 is 10.2 Å². The number of benzene rings is 2. The minimum absolute atomic E-state index is 0.0296. The van der Waals surface area contributed by atoms with Crippen LogP contribution in [0.5, 0.6) is 0 Å². The third-order valence-corrected chi connectivity index (χ3v) is 6.93. The Balaban J connectivity index is 1.63. The van der Waals surface area contributed by atoms with E-state index in [2.05, 4.69) is 62.2 Å². The molecular weight excluding hydrogens is 370 g/mol. The number of rotatable bonds is 5. The summed E-state index contributed by atoms with van der Waals surface area (Å²) in [6.45, 7) is 11.5. The van der Waals surface area contributed by atoms with Crippen molar-refractivity contribution in [3.8, 4) is 0 Å². The number of hydrogen-bond donors (Lipinski definition) is 1. The first-order valence-electron chi connectivity index (χ1n) is 9.81. The van der Waals surface area contributed by atoms with Gasteiger partial charge >= 0.3 is 0 Å². The van der Waals surface area contributed by atoms with E-state index in [9.17, 15) is 8.42 Å². The molecular formula is C22H31N3O2S. The molecule has 1 N–H and O–H groups in total. The maximum atomic E-state index is 13.0. The number of hydrogen-bond acceptors (Lipinski definition) is 4. The van der Waals surface area contributed by atoms with Crippen LogP contribution in [0.4, 0.5) is 5.69 Å². The molecule has 2 aromatic rings. The number of anilines is 1. The third-order valence-electron chi connectivity index (χ3n) is 5.02. The van der Waals surface area contributed by atoms with Gasteiger partial charge in [-0.15, -0.1) is 0 Å². The lowest BCUT2D eigenvalue weighted by atomic mass is 10.1. The fourth-order valence-corrected chi connectivity index (χ4v) is 4.66. The molecule has 1 saturated heterocycles. The summed E-state index contributed by atoms with van der Waals surface area (Å²) in [5.41, 5.74) is 3.49. The van der Waals surface area contributed by atoms with Crippen molar-refractivity contribution in [2.24, 2.45) is 0 Å². The molecule has 0 radical (unpaired) electrons. The third kappa shape index (κ3) is 5.13. The van der Waals surface area contributed by atoms with Gasteiger partial charge in [-0.2, -0.15) is 4.31 Å². The monoisotopic (exact) mass is 401 g/mol. The number of sulfonamides is 1. The Morgan fingerprint density at radius 2 is 1.46 bits per heavy atom. The number of aryl methyl sites for hydroxylation is 1. The van der Waals surface area contributed by atoms with Gasteiger partial charge in [-0.25, -0.2) is 8.42 Å². The SMILES string of the molecule is Cc1ccc(N2CCN(S(=O)(=O)c3ccc(CNC(C)(C)C)cc3)CC2)cc1. The molecule has 3 rings (SSSR count). The largest absolute Gasteiger partial charge is 0.369 e. The molecule has 0 aliphatic carbocycles. The summed E-state index contributed by atoms with van der Waals surface area (Å²) in [7, 11) is -3.45. The molecule has 0 saturated carbocycles. The molecule has 1 fully saturated rings. The van der Waals surface area contributed by atoms with Crippen molar-refractivity contribution in [2.45, 2.75) is 44.7 Å². The zero-order chi connectivity index (χ0) is 20.4. The van der Waals surface area contributed by atoms with E-state index in [1.165, 1.54) is 5.56 Å². The molecule has 0 amide bonds. The van der Waals surface area contributed by atoms with E-state index in [0.717, 1.165) is 17.8 Å². The smallest absolute Gasteiger partial charge is 0.243 e. The Morgan fingerprint density at radius 1 is 0.893 bits per heavy atom. The highest BCUT2D eigenvalue weighted by atomic mass is 32.2. The highest BCUT2D eigenvalue weighted by molar-refractivity contribution is 7.89. The van der Waals surface area contributed by atoms with Gasteiger partial charge in [0.1, 0.15) is 0 Å². The fourth-order valence-electron chi connectivity index (χ4n) is 3.24. The van der Waals surface area contributed by atoms with E-state index in [4.69, 9.17) is 0 Å². The second-order valence-electron chi connectivity index (χ2n) is 8.47. The molecule has 1 heterocycles. The molecule has 0 atom stereocenters. The van der Waals surface area contributed by atoms with Crippen LogP contribution in [0.2, 0.25) is 0 Å². The van der Waals surface area contributed by atoms with Crippen LogP contribution in [0.1, 0.15) is 31.9 Å². The zero-order valence-corrected chi connectivity index (χ0v) is 18.1. The predicted octanol–water partition coefficient (Wildman–Crippen LogP) is 3.39. The van der Waals surface area contributed by atoms with Crippen LogP contribution in [-0.4, -0.2) is 44.4 Å². The summed E-state index contributed by atoms with van der Waals surface area (Å²) in [5, 5.41) is 3.42. The molecule has 6 heteroatoms. The van der Waals surface area contributed by atoms with Crippen molar-refractivity contribution in [3.05, 3.63) is 59.7 Å². The van der Waals surface area contributed by atoms with Crippen LogP contribution >= 0.6 is 0 Å². The standard InChI is InChI=1S/C22H31N3O2S/c1-18-5-9-20(10-6-18)24-13-15-25(16-14-24)28(26,27)21-11-7-19(8-12-21)17-23-22(2,3)4/h5-12,23H,13-17H2,1-4H3. The summed E-state index contributed by atoms with van der Waals surface area (Å²) >= 11 is 0. The first-order valence-corrected chi connectivity index (χ1v) is 11.2. The lowest BCUT2D eigenvalue weighted by Gasteiger charge is -2.35. The molecule has 0 spiro atoms. The van der Waals surface area contributed by atoms with Gasteiger partial charge in [-0.05, 0) is 57.5 Å². The van der Waals surface area contributed by atoms with Crippen molar-refractivity contribution in [1.29, 1.82) is 0 Å². The Kier molecular flexibility index (Phi) is 6.12. The Bertz CT molecular complexity index is 877. The topological polar surface area (TPSA) is 52.7 Å². The van der Waals surface area contributed by atoms with E-state index in [1.54, 1.807) is 16.4 Å². The maximum absolute atomic E-state index is 13.0. The summed E-state index contributed by atoms with van der Waals surface area (Å²) in [4.78, 5) is 2.61. The predicted molar refractivity (Wildman–Crippen MR) is 115 cm³/mol. The molecule has 0 unspecified atom stereocenters.